The molecule has 1 aromatic carbocycles. The van der Waals surface area contributed by atoms with E-state index in [1.165, 1.54) is 7.11 Å². The summed E-state index contributed by atoms with van der Waals surface area (Å²) in [5.74, 6) is 1.26. The Bertz CT molecular complexity index is 644. The molecule has 3 N–H and O–H groups in total. The van der Waals surface area contributed by atoms with E-state index in [9.17, 15) is 9.90 Å². The maximum Gasteiger partial charge on any atom is 0.315 e. The lowest BCUT2D eigenvalue weighted by Crippen LogP contribution is -2.38. The predicted molar refractivity (Wildman–Crippen MR) is 83.9 cm³/mol. The molecule has 0 aliphatic rings. The van der Waals surface area contributed by atoms with Crippen LogP contribution in [0.4, 0.5) is 4.79 Å². The molecule has 23 heavy (non-hydrogen) atoms. The number of carbonyl (C=O) groups is 1. The number of rotatable bonds is 7. The van der Waals surface area contributed by atoms with Crippen LogP contribution in [0.25, 0.3) is 0 Å². The molecule has 2 amide bonds. The molecule has 0 aliphatic heterocycles. The maximum atomic E-state index is 11.8. The van der Waals surface area contributed by atoms with Crippen molar-refractivity contribution in [1.82, 2.24) is 25.4 Å². The number of aromatic nitrogens is 3. The van der Waals surface area contributed by atoms with Crippen molar-refractivity contribution in [1.29, 1.82) is 0 Å². The van der Waals surface area contributed by atoms with E-state index in [0.29, 0.717) is 17.1 Å². The highest BCUT2D eigenvalue weighted by Gasteiger charge is 2.14. The second-order valence-corrected chi connectivity index (χ2v) is 4.85. The number of aliphatic hydroxyl groups excluding tert-OH is 1. The second kappa shape index (κ2) is 8.14. The highest BCUT2D eigenvalue weighted by molar-refractivity contribution is 5.73. The van der Waals surface area contributed by atoms with Crippen LogP contribution in [0, 0.1) is 0 Å². The van der Waals surface area contributed by atoms with E-state index in [1.54, 1.807) is 24.5 Å². The van der Waals surface area contributed by atoms with Gasteiger partial charge >= 0.3 is 6.03 Å². The normalized spacial score (nSPS) is 11.8. The number of para-hydroxylation sites is 1. The van der Waals surface area contributed by atoms with Gasteiger partial charge in [-0.25, -0.2) is 4.79 Å². The molecule has 0 aliphatic carbocycles. The summed E-state index contributed by atoms with van der Waals surface area (Å²) in [6.45, 7) is 3.05. The first kappa shape index (κ1) is 16.8. The molecule has 8 heteroatoms. The van der Waals surface area contributed by atoms with Crippen LogP contribution in [-0.4, -0.2) is 39.6 Å². The second-order valence-electron chi connectivity index (χ2n) is 4.85. The van der Waals surface area contributed by atoms with Gasteiger partial charge in [0, 0.05) is 18.7 Å². The van der Waals surface area contributed by atoms with E-state index < -0.39 is 6.10 Å². The third-order valence-electron chi connectivity index (χ3n) is 3.40. The van der Waals surface area contributed by atoms with E-state index in [-0.39, 0.29) is 19.1 Å². The SMILES string of the molecule is CCn1cnnc1CNC(=O)NC[C@@H](O)c1ccccc1OC. The number of hydrogen-bond donors (Lipinski definition) is 3. The smallest absolute Gasteiger partial charge is 0.315 e. The number of ether oxygens (including phenoxy) is 1. The summed E-state index contributed by atoms with van der Waals surface area (Å²) < 4.78 is 7.03. The zero-order valence-electron chi connectivity index (χ0n) is 13.2. The van der Waals surface area contributed by atoms with Gasteiger partial charge in [-0.3, -0.25) is 0 Å². The van der Waals surface area contributed by atoms with Gasteiger partial charge in [0.2, 0.25) is 0 Å². The number of hydrogen-bond acceptors (Lipinski definition) is 5. The minimum atomic E-state index is -0.851. The molecule has 0 saturated heterocycles. The van der Waals surface area contributed by atoms with Crippen LogP contribution in [0.1, 0.15) is 24.4 Å². The molecule has 2 aromatic rings. The zero-order chi connectivity index (χ0) is 16.7. The van der Waals surface area contributed by atoms with Crippen LogP contribution in [0.2, 0.25) is 0 Å². The lowest BCUT2D eigenvalue weighted by molar-refractivity contribution is 0.169. The molecule has 124 valence electrons. The molecule has 0 fully saturated rings. The molecule has 8 nitrogen and oxygen atoms in total. The number of methoxy groups -OCH3 is 1. The number of carbonyl (C=O) groups excluding carboxylic acids is 1. The van der Waals surface area contributed by atoms with Crippen LogP contribution in [0.3, 0.4) is 0 Å². The third-order valence-corrected chi connectivity index (χ3v) is 3.40. The Morgan fingerprint density at radius 2 is 2.17 bits per heavy atom. The Labute approximate surface area is 134 Å². The van der Waals surface area contributed by atoms with Crippen LogP contribution >= 0.6 is 0 Å². The van der Waals surface area contributed by atoms with Gasteiger partial charge in [-0.15, -0.1) is 10.2 Å². The van der Waals surface area contributed by atoms with Crippen LogP contribution < -0.4 is 15.4 Å². The lowest BCUT2D eigenvalue weighted by atomic mass is 10.1. The van der Waals surface area contributed by atoms with Gasteiger partial charge in [0.1, 0.15) is 12.1 Å². The largest absolute Gasteiger partial charge is 0.496 e. The Morgan fingerprint density at radius 3 is 2.91 bits per heavy atom. The summed E-state index contributed by atoms with van der Waals surface area (Å²) in [5.41, 5.74) is 0.626. The first-order valence-electron chi connectivity index (χ1n) is 7.35. The van der Waals surface area contributed by atoms with Crippen molar-refractivity contribution in [2.45, 2.75) is 26.1 Å². The van der Waals surface area contributed by atoms with Crippen molar-refractivity contribution in [3.8, 4) is 5.75 Å². The van der Waals surface area contributed by atoms with Crippen molar-refractivity contribution in [3.63, 3.8) is 0 Å². The molecule has 0 unspecified atom stereocenters. The number of urea groups is 1. The average Bonchev–Trinajstić information content (AvgIpc) is 3.05. The minimum Gasteiger partial charge on any atom is -0.496 e. The topological polar surface area (TPSA) is 101 Å². The molecule has 0 saturated carbocycles. The Hall–Kier alpha value is -2.61. The van der Waals surface area contributed by atoms with E-state index in [1.807, 2.05) is 17.6 Å². The molecular formula is C15H21N5O3. The number of amides is 2. The molecule has 1 aromatic heterocycles. The zero-order valence-corrected chi connectivity index (χ0v) is 13.2. The fourth-order valence-electron chi connectivity index (χ4n) is 2.14. The van der Waals surface area contributed by atoms with E-state index in [4.69, 9.17) is 4.74 Å². The summed E-state index contributed by atoms with van der Waals surface area (Å²) >= 11 is 0. The Balaban J connectivity index is 1.82. The summed E-state index contributed by atoms with van der Waals surface area (Å²) in [6, 6.07) is 6.76. The predicted octanol–water partition coefficient (Wildman–Crippen LogP) is 0.839. The van der Waals surface area contributed by atoms with Gasteiger partial charge in [-0.2, -0.15) is 0 Å². The van der Waals surface area contributed by atoms with E-state index in [2.05, 4.69) is 20.8 Å². The van der Waals surface area contributed by atoms with E-state index >= 15 is 0 Å². The summed E-state index contributed by atoms with van der Waals surface area (Å²) in [6.07, 6.45) is 0.761. The van der Waals surface area contributed by atoms with Crippen molar-refractivity contribution in [3.05, 3.63) is 42.0 Å². The molecule has 1 atom stereocenters. The van der Waals surface area contributed by atoms with Gasteiger partial charge in [0.15, 0.2) is 5.82 Å². The highest BCUT2D eigenvalue weighted by Crippen LogP contribution is 2.23. The van der Waals surface area contributed by atoms with Gasteiger partial charge in [0.05, 0.1) is 19.8 Å². The fraction of sp³-hybridized carbons (Fsp3) is 0.400. The standard InChI is InChI=1S/C15H21N5O3/c1-3-20-10-18-19-14(20)9-17-15(22)16-8-12(21)11-6-4-5-7-13(11)23-2/h4-7,10,12,21H,3,8-9H2,1-2H3,(H2,16,17,22)/t12-/m1/s1. The van der Waals surface area contributed by atoms with Crippen LogP contribution in [0.5, 0.6) is 5.75 Å². The molecule has 0 radical (unpaired) electrons. The number of nitrogens with zero attached hydrogens (tertiary/aromatic N) is 3. The average molecular weight is 319 g/mol. The molecule has 2 rings (SSSR count). The maximum absolute atomic E-state index is 11.8. The highest BCUT2D eigenvalue weighted by atomic mass is 16.5. The molecule has 1 heterocycles. The summed E-state index contributed by atoms with van der Waals surface area (Å²) in [4.78, 5) is 11.8. The van der Waals surface area contributed by atoms with Gasteiger partial charge in [-0.1, -0.05) is 18.2 Å². The van der Waals surface area contributed by atoms with Crippen molar-refractivity contribution in [2.75, 3.05) is 13.7 Å². The molecule has 0 bridgehead atoms. The number of aliphatic hydroxyl groups is 1. The van der Waals surface area contributed by atoms with Gasteiger partial charge in [0.25, 0.3) is 0 Å². The van der Waals surface area contributed by atoms with E-state index in [0.717, 1.165) is 6.54 Å². The monoisotopic (exact) mass is 319 g/mol. The third kappa shape index (κ3) is 4.43. The first-order valence-corrected chi connectivity index (χ1v) is 7.35. The molecule has 0 spiro atoms. The van der Waals surface area contributed by atoms with Gasteiger partial charge < -0.3 is 25.0 Å². The number of nitrogens with one attached hydrogen (secondary N) is 2. The van der Waals surface area contributed by atoms with Crippen molar-refractivity contribution >= 4 is 6.03 Å². The molecular weight excluding hydrogens is 298 g/mol. The minimum absolute atomic E-state index is 0.0761. The van der Waals surface area contributed by atoms with Crippen LogP contribution in [-0.2, 0) is 13.1 Å². The summed E-state index contributed by atoms with van der Waals surface area (Å²) in [5, 5.41) is 23.2. The fourth-order valence-corrected chi connectivity index (χ4v) is 2.14. The summed E-state index contributed by atoms with van der Waals surface area (Å²) in [7, 11) is 1.54. The first-order chi connectivity index (χ1) is 11.2. The van der Waals surface area contributed by atoms with Crippen molar-refractivity contribution < 1.29 is 14.6 Å². The van der Waals surface area contributed by atoms with Crippen molar-refractivity contribution in [2.24, 2.45) is 0 Å². The van der Waals surface area contributed by atoms with Gasteiger partial charge in [-0.05, 0) is 13.0 Å². The Morgan fingerprint density at radius 1 is 1.39 bits per heavy atom. The quantitative estimate of drug-likeness (QED) is 0.702. The number of benzene rings is 1. The lowest BCUT2D eigenvalue weighted by Gasteiger charge is -2.15. The van der Waals surface area contributed by atoms with Crippen LogP contribution in [0.15, 0.2) is 30.6 Å². The Kier molecular flexibility index (Phi) is 5.93. The number of aryl methyl sites for hydroxylation is 1.